The fraction of sp³-hybridized carbons (Fsp3) is 0.738. The third kappa shape index (κ3) is 12.1. The van der Waals surface area contributed by atoms with Crippen molar-refractivity contribution < 1.29 is 28.6 Å². The number of pyridine rings is 1. The van der Waals surface area contributed by atoms with E-state index in [1.54, 1.807) is 7.11 Å². The van der Waals surface area contributed by atoms with Gasteiger partial charge in [0.05, 0.1) is 55.2 Å². The van der Waals surface area contributed by atoms with Crippen molar-refractivity contribution in [1.29, 1.82) is 0 Å². The Hall–Kier alpha value is -4.32. The van der Waals surface area contributed by atoms with Gasteiger partial charge in [-0.2, -0.15) is 0 Å². The van der Waals surface area contributed by atoms with Gasteiger partial charge in [-0.15, -0.1) is 0 Å². The monoisotopic (exact) mass is 1060 g/mol. The number of rotatable bonds is 24. The average Bonchev–Trinajstić information content (AvgIpc) is 3.87. The molecule has 424 valence electrons. The van der Waals surface area contributed by atoms with Gasteiger partial charge in [-0.3, -0.25) is 39.1 Å². The number of nitrogens with zero attached hydrogens (tertiary/aromatic N) is 8. The van der Waals surface area contributed by atoms with Gasteiger partial charge in [0.2, 0.25) is 5.91 Å². The van der Waals surface area contributed by atoms with Crippen LogP contribution in [0.3, 0.4) is 0 Å². The first-order chi connectivity index (χ1) is 37.2. The highest BCUT2D eigenvalue weighted by molar-refractivity contribution is 5.95. The third-order valence-electron chi connectivity index (χ3n) is 18.8. The lowest BCUT2D eigenvalue weighted by Crippen LogP contribution is -2.74. The number of fused-ring (bicyclic) bond motifs is 1. The lowest BCUT2D eigenvalue weighted by molar-refractivity contribution is -0.205. The van der Waals surface area contributed by atoms with E-state index in [0.29, 0.717) is 31.9 Å². The van der Waals surface area contributed by atoms with Crippen LogP contribution in [-0.2, 0) is 41.6 Å². The maximum atomic E-state index is 15.5. The number of piperazine rings is 1. The highest BCUT2D eigenvalue weighted by atomic mass is 16.5. The Bertz CT molecular complexity index is 2480. The molecule has 16 heteroatoms. The van der Waals surface area contributed by atoms with Crippen LogP contribution in [0.2, 0.25) is 0 Å². The number of benzene rings is 1. The molecule has 16 nitrogen and oxygen atoms in total. The molecule has 5 aliphatic heterocycles. The van der Waals surface area contributed by atoms with Gasteiger partial charge in [0.15, 0.2) is 0 Å². The first kappa shape index (κ1) is 56.0. The molecule has 2 N–H and O–H groups in total. The lowest BCUT2D eigenvalue weighted by atomic mass is 9.74. The highest BCUT2D eigenvalue weighted by Crippen LogP contribution is 2.45. The SMILES string of the molecule is CCCN(CC(C)C(C(NC(=O)C(C1CCCC1)N1CCCC1)C(=O)N1CCCC(C)N1)N1CC2(COC2)C1)c1ccc2c(c1)c(CC(C)(C)COC=O)c(-c1cc(N3CCN(C4CC4)CC3)cnc1C(C)OC)n2CC. The average molecular weight is 1060 g/mol. The molecule has 0 radical (unpaired) electrons. The second kappa shape index (κ2) is 24.2. The fourth-order valence-electron chi connectivity index (χ4n) is 14.6. The van der Waals surface area contributed by atoms with Crippen molar-refractivity contribution in [3.8, 4) is 11.3 Å². The van der Waals surface area contributed by atoms with Crippen LogP contribution in [0.1, 0.15) is 136 Å². The molecule has 0 bridgehead atoms. The first-order valence-electron chi connectivity index (χ1n) is 30.2. The standard InChI is InChI=1S/C61H94N10O6/c1-9-23-68(35-42(3)55(69-36-61(37-69)39-76-40-61)54(59(74)71-26-15-16-43(4)64-71)63-58(73)56(45-17-11-12-18-45)67-24-13-14-25-67)47-21-22-52-49(31-47)51(33-60(6,7)38-77-41-72)57(70(52)10-2)50-32-48(34-62-53(50)44(5)75-8)66-29-27-65(28-30-66)46-19-20-46/h21-22,31-32,34,41-46,54-56,64H,9-20,23-30,33,35-40H2,1-8H3,(H,63,73). The number of aryl methyl sites for hydroxylation is 1. The van der Waals surface area contributed by atoms with Crippen molar-refractivity contribution in [2.75, 3.05) is 109 Å². The van der Waals surface area contributed by atoms with E-state index in [1.165, 1.54) is 23.8 Å². The zero-order valence-corrected chi connectivity index (χ0v) is 48.2. The molecule has 7 heterocycles. The van der Waals surface area contributed by atoms with Crippen LogP contribution < -0.4 is 20.5 Å². The summed E-state index contributed by atoms with van der Waals surface area (Å²) in [6.45, 7) is 28.2. The Morgan fingerprint density at radius 1 is 0.948 bits per heavy atom. The Morgan fingerprint density at radius 3 is 2.32 bits per heavy atom. The molecule has 77 heavy (non-hydrogen) atoms. The van der Waals surface area contributed by atoms with E-state index in [9.17, 15) is 4.79 Å². The van der Waals surface area contributed by atoms with Crippen LogP contribution in [-0.4, -0.2) is 177 Å². The Morgan fingerprint density at radius 2 is 1.69 bits per heavy atom. The molecule has 6 atom stereocenters. The van der Waals surface area contributed by atoms with Crippen molar-refractivity contribution in [1.82, 2.24) is 40.0 Å². The molecule has 2 aliphatic carbocycles. The number of carbonyl (C=O) groups excluding carboxylic acids is 3. The van der Waals surface area contributed by atoms with Gasteiger partial charge in [-0.1, -0.05) is 40.5 Å². The number of aromatic nitrogens is 2. The fourth-order valence-corrected chi connectivity index (χ4v) is 14.6. The number of ether oxygens (including phenoxy) is 3. The van der Waals surface area contributed by atoms with Crippen molar-refractivity contribution in [3.05, 3.63) is 41.7 Å². The van der Waals surface area contributed by atoms with E-state index in [2.05, 4.69) is 113 Å². The van der Waals surface area contributed by atoms with E-state index < -0.39 is 6.04 Å². The van der Waals surface area contributed by atoms with Crippen LogP contribution in [0, 0.1) is 22.7 Å². The molecular formula is C61H94N10O6. The van der Waals surface area contributed by atoms with Crippen LogP contribution >= 0.6 is 0 Å². The molecule has 1 spiro atoms. The number of likely N-dealkylation sites (tertiary alicyclic amines) is 2. The first-order valence-corrected chi connectivity index (χ1v) is 30.2. The zero-order chi connectivity index (χ0) is 54.0. The maximum Gasteiger partial charge on any atom is 0.293 e. The van der Waals surface area contributed by atoms with Crippen LogP contribution in [0.25, 0.3) is 22.2 Å². The number of carbonyl (C=O) groups is 3. The van der Waals surface area contributed by atoms with Crippen molar-refractivity contribution in [3.63, 3.8) is 0 Å². The van der Waals surface area contributed by atoms with Crippen molar-refractivity contribution in [2.45, 2.75) is 168 Å². The number of anilines is 2. The Balaban J connectivity index is 1.03. The van der Waals surface area contributed by atoms with Gasteiger partial charge < -0.3 is 33.9 Å². The molecule has 3 aromatic rings. The molecule has 2 amide bonds. The second-order valence-corrected chi connectivity index (χ2v) is 25.5. The summed E-state index contributed by atoms with van der Waals surface area (Å²) in [5.41, 5.74) is 11.0. The predicted molar refractivity (Wildman–Crippen MR) is 305 cm³/mol. The van der Waals surface area contributed by atoms with Gasteiger partial charge in [-0.25, -0.2) is 5.43 Å². The third-order valence-corrected chi connectivity index (χ3v) is 18.8. The van der Waals surface area contributed by atoms with E-state index in [-0.39, 0.29) is 59.4 Å². The highest BCUT2D eigenvalue weighted by Gasteiger charge is 2.55. The minimum atomic E-state index is -0.732. The predicted octanol–water partition coefficient (Wildman–Crippen LogP) is 7.66. The molecule has 7 fully saturated rings. The van der Waals surface area contributed by atoms with Gasteiger partial charge in [-0.05, 0) is 140 Å². The Labute approximate surface area is 460 Å². The van der Waals surface area contributed by atoms with Crippen LogP contribution in [0.15, 0.2) is 30.5 Å². The Kier molecular flexibility index (Phi) is 17.6. The summed E-state index contributed by atoms with van der Waals surface area (Å²) in [5, 5.41) is 6.63. The van der Waals surface area contributed by atoms with E-state index >= 15 is 9.59 Å². The molecule has 10 rings (SSSR count). The van der Waals surface area contributed by atoms with Crippen LogP contribution in [0.5, 0.6) is 0 Å². The number of hydrazine groups is 1. The summed E-state index contributed by atoms with van der Waals surface area (Å²) >= 11 is 0. The smallest absolute Gasteiger partial charge is 0.293 e. The summed E-state index contributed by atoms with van der Waals surface area (Å²) in [4.78, 5) is 60.3. The molecule has 2 saturated carbocycles. The minimum absolute atomic E-state index is 0.0171. The summed E-state index contributed by atoms with van der Waals surface area (Å²) in [6.07, 6.45) is 14.6. The quantitative estimate of drug-likeness (QED) is 0.0850. The molecule has 5 saturated heterocycles. The topological polar surface area (TPSA) is 140 Å². The van der Waals surface area contributed by atoms with Gasteiger partial charge >= 0.3 is 0 Å². The van der Waals surface area contributed by atoms with Gasteiger partial charge in [0.1, 0.15) is 6.04 Å². The molecule has 2 aromatic heterocycles. The van der Waals surface area contributed by atoms with Gasteiger partial charge in [0.25, 0.3) is 12.4 Å². The number of amides is 2. The number of nitrogens with one attached hydrogen (secondary N) is 2. The summed E-state index contributed by atoms with van der Waals surface area (Å²) < 4.78 is 19.9. The molecule has 7 aliphatic rings. The molecule has 1 aromatic carbocycles. The molecule has 6 unspecified atom stereocenters. The van der Waals surface area contributed by atoms with E-state index in [4.69, 9.17) is 19.2 Å². The van der Waals surface area contributed by atoms with Crippen LogP contribution in [0.4, 0.5) is 11.4 Å². The number of methoxy groups -OCH3 is 1. The van der Waals surface area contributed by atoms with Gasteiger partial charge in [0, 0.05) is 124 Å². The summed E-state index contributed by atoms with van der Waals surface area (Å²) in [6, 6.07) is 9.09. The number of hydrogen-bond donors (Lipinski definition) is 2. The van der Waals surface area contributed by atoms with E-state index in [1.807, 2.05) is 11.2 Å². The second-order valence-electron chi connectivity index (χ2n) is 25.5. The maximum absolute atomic E-state index is 15.5. The lowest BCUT2D eigenvalue weighted by Gasteiger charge is -2.59. The largest absolute Gasteiger partial charge is 0.467 e. The summed E-state index contributed by atoms with van der Waals surface area (Å²) in [5.74, 6) is 0.295. The number of hydrogen-bond acceptors (Lipinski definition) is 13. The zero-order valence-electron chi connectivity index (χ0n) is 48.2. The van der Waals surface area contributed by atoms with Crippen molar-refractivity contribution in [2.24, 2.45) is 22.7 Å². The summed E-state index contributed by atoms with van der Waals surface area (Å²) in [7, 11) is 1.76. The molecular weight excluding hydrogens is 969 g/mol. The normalized spacial score (nSPS) is 23.6. The van der Waals surface area contributed by atoms with Crippen molar-refractivity contribution >= 4 is 40.6 Å². The minimum Gasteiger partial charge on any atom is -0.467 e. The van der Waals surface area contributed by atoms with E-state index in [0.717, 1.165) is 176 Å².